The van der Waals surface area contributed by atoms with Gasteiger partial charge in [-0.25, -0.2) is 4.79 Å². The van der Waals surface area contributed by atoms with Gasteiger partial charge in [-0.05, 0) is 32.6 Å². The Morgan fingerprint density at radius 2 is 1.79 bits per heavy atom. The minimum Gasteiger partial charge on any atom is -0.480 e. The van der Waals surface area contributed by atoms with Gasteiger partial charge in [0.25, 0.3) is 0 Å². The van der Waals surface area contributed by atoms with E-state index in [0.29, 0.717) is 6.42 Å². The second-order valence-electron chi connectivity index (χ2n) is 6.21. The molecular weight excluding hydrogens is 242 g/mol. The van der Waals surface area contributed by atoms with Crippen molar-refractivity contribution in [3.8, 4) is 0 Å². The van der Waals surface area contributed by atoms with Crippen molar-refractivity contribution in [1.82, 2.24) is 4.90 Å². The van der Waals surface area contributed by atoms with E-state index in [-0.39, 0.29) is 5.91 Å². The van der Waals surface area contributed by atoms with Crippen LogP contribution in [0.15, 0.2) is 0 Å². The van der Waals surface area contributed by atoms with E-state index in [1.807, 2.05) is 0 Å². The molecule has 0 aromatic rings. The van der Waals surface area contributed by atoms with Crippen LogP contribution in [0.4, 0.5) is 0 Å². The monoisotopic (exact) mass is 269 g/mol. The molecule has 1 amide bonds. The molecule has 0 aliphatic heterocycles. The Morgan fingerprint density at radius 1 is 1.21 bits per heavy atom. The molecule has 0 spiro atoms. The normalized spacial score (nSPS) is 17.2. The third kappa shape index (κ3) is 4.51. The summed E-state index contributed by atoms with van der Waals surface area (Å²) in [6.45, 7) is 3.13. The highest BCUT2D eigenvalue weighted by Gasteiger charge is 2.34. The Labute approximate surface area is 116 Å². The highest BCUT2D eigenvalue weighted by molar-refractivity contribution is 5.86. The average molecular weight is 269 g/mol. The van der Waals surface area contributed by atoms with Gasteiger partial charge in [-0.3, -0.25) is 4.79 Å². The molecule has 19 heavy (non-hydrogen) atoms. The Balaban J connectivity index is 2.32. The van der Waals surface area contributed by atoms with Crippen LogP contribution in [0.5, 0.6) is 0 Å². The summed E-state index contributed by atoms with van der Waals surface area (Å²) in [5.74, 6) is -0.252. The quantitative estimate of drug-likeness (QED) is 0.806. The van der Waals surface area contributed by atoms with Crippen LogP contribution in [0.1, 0.15) is 65.2 Å². The first-order valence-corrected chi connectivity index (χ1v) is 7.35. The summed E-state index contributed by atoms with van der Waals surface area (Å²) >= 11 is 0. The highest BCUT2D eigenvalue weighted by atomic mass is 16.4. The predicted molar refractivity (Wildman–Crippen MR) is 74.9 cm³/mol. The largest absolute Gasteiger partial charge is 0.480 e. The van der Waals surface area contributed by atoms with Gasteiger partial charge >= 0.3 is 5.97 Å². The van der Waals surface area contributed by atoms with E-state index in [2.05, 4.69) is 0 Å². The molecule has 1 aliphatic carbocycles. The van der Waals surface area contributed by atoms with Crippen molar-refractivity contribution in [3.05, 3.63) is 0 Å². The van der Waals surface area contributed by atoms with Crippen molar-refractivity contribution in [3.63, 3.8) is 0 Å². The number of hydrogen-bond acceptors (Lipinski definition) is 2. The molecule has 110 valence electrons. The number of nitrogens with zero attached hydrogens (tertiary/aromatic N) is 1. The lowest BCUT2D eigenvalue weighted by atomic mass is 9.86. The van der Waals surface area contributed by atoms with Crippen molar-refractivity contribution < 1.29 is 14.7 Å². The predicted octanol–water partition coefficient (Wildman–Crippen LogP) is 3.06. The van der Waals surface area contributed by atoms with Gasteiger partial charge in [0.2, 0.25) is 5.91 Å². The fraction of sp³-hybridized carbons (Fsp3) is 0.867. The molecule has 1 fully saturated rings. The molecule has 0 heterocycles. The first-order chi connectivity index (χ1) is 8.85. The lowest BCUT2D eigenvalue weighted by Gasteiger charge is -2.31. The third-order valence-electron chi connectivity index (χ3n) is 4.46. The lowest BCUT2D eigenvalue weighted by Crippen LogP contribution is -2.50. The molecule has 0 radical (unpaired) electrons. The van der Waals surface area contributed by atoms with Crippen LogP contribution in [0.25, 0.3) is 0 Å². The molecule has 1 aliphatic rings. The maximum absolute atomic E-state index is 12.0. The van der Waals surface area contributed by atoms with E-state index in [9.17, 15) is 9.59 Å². The molecule has 4 heteroatoms. The topological polar surface area (TPSA) is 57.6 Å². The van der Waals surface area contributed by atoms with Gasteiger partial charge in [-0.15, -0.1) is 0 Å². The molecule has 0 unspecified atom stereocenters. The Kier molecular flexibility index (Phi) is 5.83. The number of rotatable bonds is 6. The zero-order chi connectivity index (χ0) is 14.5. The lowest BCUT2D eigenvalue weighted by molar-refractivity contribution is -0.155. The SMILES string of the molecule is CN(C(=O)CCCC1CCCCC1)C(C)(C)C(=O)O. The number of carboxylic acid groups (broad SMARTS) is 1. The van der Waals surface area contributed by atoms with Gasteiger partial charge in [0.05, 0.1) is 0 Å². The number of carbonyl (C=O) groups excluding carboxylic acids is 1. The van der Waals surface area contributed by atoms with E-state index in [1.165, 1.54) is 37.0 Å². The summed E-state index contributed by atoms with van der Waals surface area (Å²) in [5, 5.41) is 9.10. The van der Waals surface area contributed by atoms with Crippen LogP contribution in [0, 0.1) is 5.92 Å². The summed E-state index contributed by atoms with van der Waals surface area (Å²) in [6, 6.07) is 0. The Morgan fingerprint density at radius 3 is 2.32 bits per heavy atom. The van der Waals surface area contributed by atoms with Crippen molar-refractivity contribution >= 4 is 11.9 Å². The summed E-state index contributed by atoms with van der Waals surface area (Å²) in [5.41, 5.74) is -1.12. The molecule has 0 saturated heterocycles. The number of amides is 1. The standard InChI is InChI=1S/C15H27NO3/c1-15(2,14(18)19)16(3)13(17)11-7-10-12-8-5-4-6-9-12/h12H,4-11H2,1-3H3,(H,18,19). The van der Waals surface area contributed by atoms with Crippen LogP contribution in [0.3, 0.4) is 0 Å². The van der Waals surface area contributed by atoms with Crippen molar-refractivity contribution in [2.75, 3.05) is 7.05 Å². The molecule has 0 aromatic carbocycles. The van der Waals surface area contributed by atoms with E-state index >= 15 is 0 Å². The third-order valence-corrected chi connectivity index (χ3v) is 4.46. The first-order valence-electron chi connectivity index (χ1n) is 7.35. The second-order valence-corrected chi connectivity index (χ2v) is 6.21. The molecule has 1 N–H and O–H groups in total. The van der Waals surface area contributed by atoms with Crippen LogP contribution < -0.4 is 0 Å². The average Bonchev–Trinajstić information content (AvgIpc) is 2.38. The van der Waals surface area contributed by atoms with Crippen LogP contribution in [-0.4, -0.2) is 34.5 Å². The van der Waals surface area contributed by atoms with E-state index in [4.69, 9.17) is 5.11 Å². The van der Waals surface area contributed by atoms with Crippen molar-refractivity contribution in [1.29, 1.82) is 0 Å². The van der Waals surface area contributed by atoms with Crippen molar-refractivity contribution in [2.45, 2.75) is 70.8 Å². The molecular formula is C15H27NO3. The maximum atomic E-state index is 12.0. The number of carboxylic acids is 1. The summed E-state index contributed by atoms with van der Waals surface area (Å²) in [7, 11) is 1.58. The molecule has 0 aromatic heterocycles. The summed E-state index contributed by atoms with van der Waals surface area (Å²) in [6.07, 6.45) is 9.04. The zero-order valence-corrected chi connectivity index (χ0v) is 12.4. The van der Waals surface area contributed by atoms with Gasteiger partial charge in [-0.2, -0.15) is 0 Å². The second kappa shape index (κ2) is 6.92. The number of aliphatic carboxylic acids is 1. The first kappa shape index (κ1) is 16.0. The van der Waals surface area contributed by atoms with Gasteiger partial charge in [0.1, 0.15) is 5.54 Å². The van der Waals surface area contributed by atoms with Gasteiger partial charge in [0.15, 0.2) is 0 Å². The fourth-order valence-corrected chi connectivity index (χ4v) is 2.64. The molecule has 1 rings (SSSR count). The minimum atomic E-state index is -1.12. The van der Waals surface area contributed by atoms with E-state index < -0.39 is 11.5 Å². The van der Waals surface area contributed by atoms with E-state index in [0.717, 1.165) is 18.8 Å². The van der Waals surface area contributed by atoms with Gasteiger partial charge in [0, 0.05) is 13.5 Å². The van der Waals surface area contributed by atoms with Gasteiger partial charge in [-0.1, -0.05) is 32.1 Å². The van der Waals surface area contributed by atoms with Crippen LogP contribution >= 0.6 is 0 Å². The van der Waals surface area contributed by atoms with Crippen LogP contribution in [0.2, 0.25) is 0 Å². The Hall–Kier alpha value is -1.06. The molecule has 0 bridgehead atoms. The highest BCUT2D eigenvalue weighted by Crippen LogP contribution is 2.28. The Bertz CT molecular complexity index is 319. The maximum Gasteiger partial charge on any atom is 0.329 e. The smallest absolute Gasteiger partial charge is 0.329 e. The van der Waals surface area contributed by atoms with Gasteiger partial charge < -0.3 is 10.0 Å². The van der Waals surface area contributed by atoms with E-state index in [1.54, 1.807) is 20.9 Å². The fourth-order valence-electron chi connectivity index (χ4n) is 2.64. The molecule has 1 saturated carbocycles. The number of likely N-dealkylation sites (N-methyl/N-ethyl adjacent to an activating group) is 1. The van der Waals surface area contributed by atoms with Crippen molar-refractivity contribution in [2.24, 2.45) is 5.92 Å². The number of hydrogen-bond donors (Lipinski definition) is 1. The molecule has 4 nitrogen and oxygen atoms in total. The molecule has 0 atom stereocenters. The van der Waals surface area contributed by atoms with Crippen LogP contribution in [-0.2, 0) is 9.59 Å². The zero-order valence-electron chi connectivity index (χ0n) is 12.4. The minimum absolute atomic E-state index is 0.0665. The number of carbonyl (C=O) groups is 2. The summed E-state index contributed by atoms with van der Waals surface area (Å²) < 4.78 is 0. The summed E-state index contributed by atoms with van der Waals surface area (Å²) in [4.78, 5) is 24.4.